The molecule has 4 amide bonds. The summed E-state index contributed by atoms with van der Waals surface area (Å²) >= 11 is 0. The van der Waals surface area contributed by atoms with Crippen LogP contribution >= 0.6 is 0 Å². The number of carbonyl (C=O) groups excluding carboxylic acids is 5. The van der Waals surface area contributed by atoms with Crippen molar-refractivity contribution in [3.8, 4) is 0 Å². The van der Waals surface area contributed by atoms with Crippen LogP contribution in [0.4, 0.5) is 0 Å². The minimum atomic E-state index is -1.23. The number of hydrogen-bond donors (Lipinski definition) is 14. The highest BCUT2D eigenvalue weighted by Gasteiger charge is 2.45. The molecule has 15 unspecified atom stereocenters. The molecule has 36 heteroatoms. The summed E-state index contributed by atoms with van der Waals surface area (Å²) in [6, 6.07) is 0. The second-order valence-electron chi connectivity index (χ2n) is 27.7. The van der Waals surface area contributed by atoms with E-state index in [1.807, 2.05) is 0 Å². The van der Waals surface area contributed by atoms with Crippen LogP contribution in [0.1, 0.15) is 125 Å². The summed E-state index contributed by atoms with van der Waals surface area (Å²) in [6.07, 6.45) is -4.96. The maximum absolute atomic E-state index is 14.0. The summed E-state index contributed by atoms with van der Waals surface area (Å²) in [4.78, 5) is 65.4. The predicted molar refractivity (Wildman–Crippen MR) is 385 cm³/mol. The number of carbonyl (C=O) groups is 5. The van der Waals surface area contributed by atoms with Crippen LogP contribution in [-0.4, -0.2) is 359 Å². The molecule has 36 nitrogen and oxygen atoms in total. The van der Waals surface area contributed by atoms with E-state index in [1.54, 1.807) is 34.6 Å². The Morgan fingerprint density at radius 1 is 0.352 bits per heavy atom. The molecule has 15 N–H and O–H groups in total. The van der Waals surface area contributed by atoms with Gasteiger partial charge in [0.2, 0.25) is 23.6 Å². The number of unbranched alkanes of at least 4 members (excludes halogenated alkanes) is 7. The standard InChI is InChI=1S/C72H135N5O31/c1-51-62(86)65(89)55(45-78)106-68(51)101-41-38-95-35-32-92-28-20-74-59(83)16-24-98-48-72(44-54(81)14-12-10-8-6-7-9-11-13-15-58(82)77-23-31-105-71(4,5)104-27-19-73,49-99-25-17-60(84)75-21-29-93-33-36-96-39-42-102-69-52(2)63(87)66(90)56(46-79)107-69)50-100-26-18-61(85)76-22-30-94-34-37-97-40-43-103-70-53(3)64(88)67(91)57(47-80)108-70/h51-53,55-57,62-70,78-80,86-91H,6-50,73H2,1-5H3,(H,74,83)(H,75,84)(H,76,85)(H,77,82). The van der Waals surface area contributed by atoms with E-state index in [0.29, 0.717) is 39.1 Å². The van der Waals surface area contributed by atoms with Gasteiger partial charge in [0.25, 0.3) is 0 Å². The van der Waals surface area contributed by atoms with Gasteiger partial charge < -0.3 is 153 Å². The lowest BCUT2D eigenvalue weighted by atomic mass is 9.84. The summed E-state index contributed by atoms with van der Waals surface area (Å²) < 4.78 is 97.0. The number of amides is 4. The molecule has 3 heterocycles. The molecule has 0 aromatic carbocycles. The first kappa shape index (κ1) is 98.7. The van der Waals surface area contributed by atoms with Crippen molar-refractivity contribution in [3.63, 3.8) is 0 Å². The van der Waals surface area contributed by atoms with Crippen molar-refractivity contribution >= 4 is 29.4 Å². The maximum atomic E-state index is 14.0. The molecule has 3 aliphatic heterocycles. The number of Topliss-reactive ketones (excluding diaryl/α,β-unsaturated/α-hetero) is 1. The lowest BCUT2D eigenvalue weighted by Gasteiger charge is -2.40. The third-order valence-electron chi connectivity index (χ3n) is 18.2. The van der Waals surface area contributed by atoms with Crippen molar-refractivity contribution in [2.45, 2.75) is 204 Å². The summed E-state index contributed by atoms with van der Waals surface area (Å²) in [5.74, 6) is -3.44. The Bertz CT molecular complexity index is 2130. The smallest absolute Gasteiger partial charge is 0.222 e. The molecule has 0 bridgehead atoms. The van der Waals surface area contributed by atoms with E-state index in [1.165, 1.54) is 0 Å². The third-order valence-corrected chi connectivity index (χ3v) is 18.2. The van der Waals surface area contributed by atoms with Gasteiger partial charge in [0, 0.05) is 94.4 Å². The van der Waals surface area contributed by atoms with E-state index in [0.717, 1.165) is 44.9 Å². The molecule has 3 rings (SSSR count). The van der Waals surface area contributed by atoms with Crippen molar-refractivity contribution in [1.82, 2.24) is 21.3 Å². The minimum Gasteiger partial charge on any atom is -0.394 e. The van der Waals surface area contributed by atoms with Gasteiger partial charge in [-0.1, -0.05) is 59.3 Å². The number of aliphatic hydroxyl groups is 9. The molecule has 0 aromatic rings. The van der Waals surface area contributed by atoms with Crippen LogP contribution < -0.4 is 27.0 Å². The van der Waals surface area contributed by atoms with Crippen LogP contribution in [0.15, 0.2) is 0 Å². The van der Waals surface area contributed by atoms with Gasteiger partial charge in [-0.2, -0.15) is 0 Å². The minimum absolute atomic E-state index is 0.0308. The molecule has 0 saturated carbocycles. The first-order valence-corrected chi connectivity index (χ1v) is 38.5. The second kappa shape index (κ2) is 60.1. The fourth-order valence-corrected chi connectivity index (χ4v) is 11.7. The molecule has 0 aromatic heterocycles. The molecule has 0 radical (unpaired) electrons. The van der Waals surface area contributed by atoms with Crippen molar-refractivity contribution in [3.05, 3.63) is 0 Å². The highest BCUT2D eigenvalue weighted by Crippen LogP contribution is 2.31. The zero-order chi connectivity index (χ0) is 79.2. The van der Waals surface area contributed by atoms with E-state index < -0.39 is 123 Å². The van der Waals surface area contributed by atoms with Gasteiger partial charge in [0.1, 0.15) is 42.4 Å². The molecule has 634 valence electrons. The summed E-state index contributed by atoms with van der Waals surface area (Å²) in [6.45, 7) is 11.7. The zero-order valence-corrected chi connectivity index (χ0v) is 64.6. The van der Waals surface area contributed by atoms with Crippen LogP contribution in [0.25, 0.3) is 0 Å². The average molecular weight is 1570 g/mol. The molecule has 3 saturated heterocycles. The molecule has 3 aliphatic rings. The largest absolute Gasteiger partial charge is 0.394 e. The van der Waals surface area contributed by atoms with Crippen LogP contribution in [0.2, 0.25) is 0 Å². The summed E-state index contributed by atoms with van der Waals surface area (Å²) in [7, 11) is 0. The number of ketones is 1. The molecule has 15 atom stereocenters. The molecule has 108 heavy (non-hydrogen) atoms. The molecule has 0 aliphatic carbocycles. The Hall–Kier alpha value is -3.53. The van der Waals surface area contributed by atoms with Crippen LogP contribution in [-0.2, 0) is 104 Å². The normalized spacial score (nSPS) is 25.2. The highest BCUT2D eigenvalue weighted by molar-refractivity contribution is 5.79. The van der Waals surface area contributed by atoms with E-state index in [-0.39, 0.29) is 220 Å². The summed E-state index contributed by atoms with van der Waals surface area (Å²) in [5, 5.41) is 101. The Morgan fingerprint density at radius 2 is 0.639 bits per heavy atom. The van der Waals surface area contributed by atoms with Crippen LogP contribution in [0, 0.1) is 23.2 Å². The third kappa shape index (κ3) is 43.1. The lowest BCUT2D eigenvalue weighted by Crippen LogP contribution is -2.55. The van der Waals surface area contributed by atoms with E-state index in [9.17, 15) is 69.9 Å². The second-order valence-corrected chi connectivity index (χ2v) is 27.7. The number of nitrogens with two attached hydrogens (primary N) is 1. The number of rotatable bonds is 68. The number of nitrogens with one attached hydrogen (secondary N) is 4. The van der Waals surface area contributed by atoms with E-state index in [2.05, 4.69) is 21.3 Å². The topological polar surface area (TPSA) is 498 Å². The Morgan fingerprint density at radius 3 is 0.972 bits per heavy atom. The average Bonchev–Trinajstić information content (AvgIpc) is 0.831. The lowest BCUT2D eigenvalue weighted by molar-refractivity contribution is -0.284. The maximum Gasteiger partial charge on any atom is 0.222 e. The molecular formula is C72H135N5O31. The van der Waals surface area contributed by atoms with Gasteiger partial charge in [-0.25, -0.2) is 0 Å². The molecule has 0 spiro atoms. The highest BCUT2D eigenvalue weighted by atomic mass is 16.7. The summed E-state index contributed by atoms with van der Waals surface area (Å²) in [5.41, 5.74) is 4.40. The van der Waals surface area contributed by atoms with Crippen LogP contribution in [0.3, 0.4) is 0 Å². The number of ether oxygens (including phenoxy) is 17. The van der Waals surface area contributed by atoms with Crippen molar-refractivity contribution in [2.24, 2.45) is 28.9 Å². The molecular weight excluding hydrogens is 1430 g/mol. The Kier molecular flexibility index (Phi) is 54.9. The van der Waals surface area contributed by atoms with E-state index in [4.69, 9.17) is 86.3 Å². The van der Waals surface area contributed by atoms with Gasteiger partial charge >= 0.3 is 0 Å². The van der Waals surface area contributed by atoms with Crippen LogP contribution in [0.5, 0.6) is 0 Å². The fourth-order valence-electron chi connectivity index (χ4n) is 11.7. The monoisotopic (exact) mass is 1570 g/mol. The number of hydrogen-bond acceptors (Lipinski definition) is 32. The van der Waals surface area contributed by atoms with Gasteiger partial charge in [-0.15, -0.1) is 0 Å². The van der Waals surface area contributed by atoms with Gasteiger partial charge in [-0.05, 0) is 26.7 Å². The zero-order valence-electron chi connectivity index (χ0n) is 64.6. The van der Waals surface area contributed by atoms with Gasteiger partial charge in [0.15, 0.2) is 24.7 Å². The first-order valence-electron chi connectivity index (χ1n) is 38.5. The quantitative estimate of drug-likeness (QED) is 0.0223. The predicted octanol–water partition coefficient (Wildman–Crippen LogP) is -2.38. The van der Waals surface area contributed by atoms with Gasteiger partial charge in [0.05, 0.1) is 190 Å². The first-order chi connectivity index (χ1) is 52.0. The number of aliphatic hydroxyl groups excluding tert-OH is 9. The Balaban J connectivity index is 1.52. The van der Waals surface area contributed by atoms with Gasteiger partial charge in [-0.3, -0.25) is 24.0 Å². The van der Waals surface area contributed by atoms with E-state index >= 15 is 0 Å². The van der Waals surface area contributed by atoms with Crippen molar-refractivity contribution in [2.75, 3.05) is 205 Å². The molecule has 3 fully saturated rings. The van der Waals surface area contributed by atoms with Crippen molar-refractivity contribution < 1.29 is 150 Å². The Labute approximate surface area is 636 Å². The SMILES string of the molecule is CC1C(OCCOCCOCCNC(=O)CCOCC(COCCC(=O)NCCOCCOCCOC2OC(CO)C(O)C(O)C2C)(COCCC(=O)NCCOCCOCCOC2OC(CO)C(O)C(O)C2C)CC(=O)CCCCCCCCCCC(=O)NCCOC(C)(C)OCCN)OC(CO)C(O)C1O. The van der Waals surface area contributed by atoms with Crippen molar-refractivity contribution in [1.29, 1.82) is 0 Å². The fraction of sp³-hybridized carbons (Fsp3) is 0.931.